The molecule has 2 unspecified atom stereocenters. The van der Waals surface area contributed by atoms with Gasteiger partial charge in [-0.25, -0.2) is 15.1 Å². The van der Waals surface area contributed by atoms with Crippen LogP contribution in [-0.4, -0.2) is 41.6 Å². The van der Waals surface area contributed by atoms with Crippen molar-refractivity contribution in [3.63, 3.8) is 0 Å². The largest absolute Gasteiger partial charge is 0.459 e. The number of hydrogen-bond acceptors (Lipinski definition) is 6. The average molecular weight is 475 g/mol. The van der Waals surface area contributed by atoms with Crippen LogP contribution >= 0.6 is 0 Å². The molecule has 35 heavy (non-hydrogen) atoms. The molecule has 8 nitrogen and oxygen atoms in total. The number of amides is 2. The van der Waals surface area contributed by atoms with Gasteiger partial charge in [0.25, 0.3) is 5.91 Å². The van der Waals surface area contributed by atoms with Crippen LogP contribution < -0.4 is 5.48 Å². The summed E-state index contributed by atoms with van der Waals surface area (Å²) in [5, 5.41) is 0. The molecule has 1 N–H and O–H groups in total. The van der Waals surface area contributed by atoms with Crippen LogP contribution in [0.5, 0.6) is 0 Å². The maximum atomic E-state index is 12.9. The number of ether oxygens (including phenoxy) is 2. The fourth-order valence-electron chi connectivity index (χ4n) is 3.72. The van der Waals surface area contributed by atoms with Crippen molar-refractivity contribution in [3.05, 3.63) is 108 Å². The smallest absolute Gasteiger partial charge is 0.410 e. The summed E-state index contributed by atoms with van der Waals surface area (Å²) < 4.78 is 10.9. The predicted octanol–water partition coefficient (Wildman–Crippen LogP) is 3.87. The van der Waals surface area contributed by atoms with Gasteiger partial charge in [0.05, 0.1) is 6.54 Å². The van der Waals surface area contributed by atoms with Crippen molar-refractivity contribution in [1.29, 1.82) is 0 Å². The summed E-state index contributed by atoms with van der Waals surface area (Å²) in [6, 6.07) is 26.2. The van der Waals surface area contributed by atoms with Crippen LogP contribution in [0.1, 0.15) is 27.9 Å². The summed E-state index contributed by atoms with van der Waals surface area (Å²) in [6.45, 7) is 0.214. The third-order valence-electron chi connectivity index (χ3n) is 5.55. The molecule has 0 aliphatic carbocycles. The molecule has 0 aromatic heterocycles. The lowest BCUT2D eigenvalue weighted by molar-refractivity contribution is -0.150. The van der Waals surface area contributed by atoms with Gasteiger partial charge in [0.2, 0.25) is 0 Å². The van der Waals surface area contributed by atoms with Gasteiger partial charge in [-0.05, 0) is 23.3 Å². The first kappa shape index (κ1) is 24.0. The van der Waals surface area contributed by atoms with Crippen molar-refractivity contribution in [2.24, 2.45) is 0 Å². The van der Waals surface area contributed by atoms with Crippen LogP contribution in [0, 0.1) is 0 Å². The second kappa shape index (κ2) is 11.8. The normalized spacial score (nSPS) is 17.0. The maximum absolute atomic E-state index is 12.9. The topological polar surface area (TPSA) is 94.2 Å². The Bertz CT molecular complexity index is 1060. The van der Waals surface area contributed by atoms with Gasteiger partial charge in [0.15, 0.2) is 0 Å². The van der Waals surface area contributed by atoms with Crippen molar-refractivity contribution >= 4 is 18.0 Å². The van der Waals surface area contributed by atoms with Gasteiger partial charge in [0.1, 0.15) is 25.4 Å². The fraction of sp³-hybridized carbons (Fsp3) is 0.222. The number of carbonyl (C=O) groups excluding carboxylic acids is 3. The molecular formula is C27H26N2O6. The number of carbonyl (C=O) groups is 3. The van der Waals surface area contributed by atoms with Crippen LogP contribution in [0.15, 0.2) is 91.0 Å². The van der Waals surface area contributed by atoms with E-state index in [0.717, 1.165) is 11.1 Å². The molecule has 3 aromatic rings. The SMILES string of the molecule is O=C(NOC1CC(C(=O)OCc2ccccc2)N(C(=O)OCc2ccccc2)C1)c1ccccc1. The number of rotatable bonds is 8. The highest BCUT2D eigenvalue weighted by atomic mass is 16.7. The molecule has 0 saturated carbocycles. The molecule has 8 heteroatoms. The summed E-state index contributed by atoms with van der Waals surface area (Å²) in [5.74, 6) is -0.982. The number of hydroxylamine groups is 1. The zero-order valence-corrected chi connectivity index (χ0v) is 19.0. The van der Waals surface area contributed by atoms with E-state index in [9.17, 15) is 14.4 Å². The molecule has 0 spiro atoms. The van der Waals surface area contributed by atoms with Gasteiger partial charge in [0, 0.05) is 12.0 Å². The van der Waals surface area contributed by atoms with Crippen LogP contribution in [0.4, 0.5) is 4.79 Å². The fourth-order valence-corrected chi connectivity index (χ4v) is 3.72. The first-order valence-electron chi connectivity index (χ1n) is 11.3. The highest BCUT2D eigenvalue weighted by Gasteiger charge is 2.42. The summed E-state index contributed by atoms with van der Waals surface area (Å²) >= 11 is 0. The number of benzene rings is 3. The first-order valence-corrected chi connectivity index (χ1v) is 11.3. The van der Waals surface area contributed by atoms with Gasteiger partial charge < -0.3 is 9.47 Å². The van der Waals surface area contributed by atoms with Gasteiger partial charge in [-0.1, -0.05) is 78.9 Å². The standard InChI is InChI=1S/C27H26N2O6/c30-25(22-14-8-3-9-15-22)28-35-23-16-24(26(31)33-18-20-10-4-1-5-11-20)29(17-23)27(32)34-19-21-12-6-2-7-13-21/h1-15,23-24H,16-19H2,(H,28,30). The maximum Gasteiger partial charge on any atom is 0.410 e. The third-order valence-corrected chi connectivity index (χ3v) is 5.55. The van der Waals surface area contributed by atoms with Crippen LogP contribution in [0.3, 0.4) is 0 Å². The van der Waals surface area contributed by atoms with Crippen LogP contribution in [0.25, 0.3) is 0 Å². The average Bonchev–Trinajstić information content (AvgIpc) is 3.35. The monoisotopic (exact) mass is 474 g/mol. The van der Waals surface area contributed by atoms with Crippen molar-refractivity contribution in [3.8, 4) is 0 Å². The Morgan fingerprint density at radius 3 is 1.91 bits per heavy atom. The Balaban J connectivity index is 1.38. The number of nitrogens with zero attached hydrogens (tertiary/aromatic N) is 1. The molecule has 1 aliphatic rings. The minimum atomic E-state index is -0.902. The predicted molar refractivity (Wildman–Crippen MR) is 127 cm³/mol. The van der Waals surface area contributed by atoms with Gasteiger partial charge >= 0.3 is 12.1 Å². The lowest BCUT2D eigenvalue weighted by atomic mass is 10.2. The molecule has 2 amide bonds. The van der Waals surface area contributed by atoms with E-state index in [0.29, 0.717) is 5.56 Å². The summed E-state index contributed by atoms with van der Waals surface area (Å²) in [6.07, 6.45) is -1.11. The van der Waals surface area contributed by atoms with E-state index in [1.165, 1.54) is 4.90 Å². The molecule has 1 fully saturated rings. The Labute approximate surface area is 203 Å². The van der Waals surface area contributed by atoms with Crippen LogP contribution in [0.2, 0.25) is 0 Å². The minimum absolute atomic E-state index is 0.0633. The van der Waals surface area contributed by atoms with Crippen molar-refractivity contribution in [2.75, 3.05) is 6.54 Å². The van der Waals surface area contributed by atoms with Gasteiger partial charge in [-0.15, -0.1) is 0 Å². The summed E-state index contributed by atoms with van der Waals surface area (Å²) in [4.78, 5) is 44.9. The Morgan fingerprint density at radius 2 is 1.31 bits per heavy atom. The molecule has 1 saturated heterocycles. The summed E-state index contributed by atoms with van der Waals surface area (Å²) in [5.41, 5.74) is 4.50. The molecule has 1 aliphatic heterocycles. The molecule has 1 heterocycles. The van der Waals surface area contributed by atoms with E-state index in [2.05, 4.69) is 5.48 Å². The molecule has 2 atom stereocenters. The second-order valence-electron chi connectivity index (χ2n) is 8.07. The Morgan fingerprint density at radius 1 is 0.771 bits per heavy atom. The number of hydrogen-bond donors (Lipinski definition) is 1. The molecule has 3 aromatic carbocycles. The van der Waals surface area contributed by atoms with Gasteiger partial charge in [-0.3, -0.25) is 14.5 Å². The zero-order valence-electron chi connectivity index (χ0n) is 19.0. The first-order chi connectivity index (χ1) is 17.1. The van der Waals surface area contributed by atoms with Crippen molar-refractivity contribution in [2.45, 2.75) is 31.8 Å². The Kier molecular flexibility index (Phi) is 8.08. The molecule has 0 bridgehead atoms. The van der Waals surface area contributed by atoms with E-state index in [1.807, 2.05) is 60.7 Å². The van der Waals surface area contributed by atoms with Crippen LogP contribution in [-0.2, 0) is 32.3 Å². The lowest BCUT2D eigenvalue weighted by Gasteiger charge is -2.22. The number of likely N-dealkylation sites (tertiary alicyclic amines) is 1. The Hall–Kier alpha value is -4.17. The van der Waals surface area contributed by atoms with E-state index in [4.69, 9.17) is 14.3 Å². The lowest BCUT2D eigenvalue weighted by Crippen LogP contribution is -2.41. The van der Waals surface area contributed by atoms with E-state index in [-0.39, 0.29) is 26.2 Å². The molecule has 4 rings (SSSR count). The minimum Gasteiger partial charge on any atom is -0.459 e. The van der Waals surface area contributed by atoms with E-state index in [1.54, 1.807) is 30.3 Å². The van der Waals surface area contributed by atoms with Crippen molar-refractivity contribution in [1.82, 2.24) is 10.4 Å². The number of nitrogens with one attached hydrogen (secondary N) is 1. The highest BCUT2D eigenvalue weighted by molar-refractivity contribution is 5.93. The highest BCUT2D eigenvalue weighted by Crippen LogP contribution is 2.23. The van der Waals surface area contributed by atoms with Crippen molar-refractivity contribution < 1.29 is 28.7 Å². The second-order valence-corrected chi connectivity index (χ2v) is 8.07. The zero-order chi connectivity index (χ0) is 24.5. The quantitative estimate of drug-likeness (QED) is 0.394. The van der Waals surface area contributed by atoms with E-state index < -0.39 is 30.1 Å². The third kappa shape index (κ3) is 6.68. The van der Waals surface area contributed by atoms with E-state index >= 15 is 0 Å². The van der Waals surface area contributed by atoms with Gasteiger partial charge in [-0.2, -0.15) is 0 Å². The molecule has 0 radical (unpaired) electrons. The summed E-state index contributed by atoms with van der Waals surface area (Å²) in [7, 11) is 0. The molecule has 180 valence electrons. The molecular weight excluding hydrogens is 448 g/mol. The number of esters is 1.